The summed E-state index contributed by atoms with van der Waals surface area (Å²) in [5.74, 6) is -17.0. The third-order valence-corrected chi connectivity index (χ3v) is 15.3. The third-order valence-electron chi connectivity index (χ3n) is 14.9. The van der Waals surface area contributed by atoms with Crippen LogP contribution in [0, 0.1) is 11.8 Å². The lowest BCUT2D eigenvalue weighted by Crippen LogP contribution is -2.63. The molecular weight excluding hydrogens is 1350 g/mol. The fourth-order valence-corrected chi connectivity index (χ4v) is 9.67. The number of carboxylic acids is 2. The zero-order valence-electron chi connectivity index (χ0n) is 56.8. The number of phenolic OH excluding ortho intramolecular Hbond substituents is 2. The average molecular weight is 1450 g/mol. The van der Waals surface area contributed by atoms with E-state index in [-0.39, 0.29) is 93.1 Å². The minimum Gasteiger partial charge on any atom is -0.508 e. The molecule has 2 aromatic rings. The molecule has 0 saturated heterocycles. The molecule has 0 fully saturated rings. The van der Waals surface area contributed by atoms with Crippen molar-refractivity contribution in [2.75, 3.05) is 32.1 Å². The monoisotopic (exact) mass is 1450 g/mol. The Balaban J connectivity index is 2.59. The van der Waals surface area contributed by atoms with Crippen LogP contribution in [0.15, 0.2) is 58.5 Å². The molecule has 28 N–H and O–H groups in total. The van der Waals surface area contributed by atoms with Crippen LogP contribution in [0.4, 0.5) is 0 Å². The maximum Gasteiger partial charge on any atom is 0.327 e. The van der Waals surface area contributed by atoms with Gasteiger partial charge in [0, 0.05) is 38.1 Å². The van der Waals surface area contributed by atoms with Gasteiger partial charge >= 0.3 is 11.9 Å². The first-order chi connectivity index (χ1) is 47.4. The van der Waals surface area contributed by atoms with E-state index in [0.717, 1.165) is 6.92 Å². The van der Waals surface area contributed by atoms with Gasteiger partial charge in [-0.15, -0.1) is 0 Å². The SMILES string of the molecule is CC(C)C[C@H](NC(=O)[C@H](Cc1ccc(O)cc1)NC(=O)[C@H](CCCN=C(N)N)NC(=O)[C@H](CO)NC(=O)[C@H](CCCN=C(N)N)NC(=O)[C@H](CO)NC(=O)[C@H](Cc1ccc(O)cc1)NC(=O)[C@@H](NC(=O)[C@@H](NC(=O)[C@H](C)N)C(C)C)[C@@H](C)O)C(=O)N[C@@H](CCC(=O)O)C(=O)N[C@@H](CS)C(=O)O. The lowest BCUT2D eigenvalue weighted by Gasteiger charge is -2.29. The molecule has 0 radical (unpaired) electrons. The number of nitrogens with one attached hydrogen (secondary N) is 11. The smallest absolute Gasteiger partial charge is 0.327 e. The van der Waals surface area contributed by atoms with Crippen molar-refractivity contribution < 1.29 is 98.1 Å². The maximum atomic E-state index is 14.6. The highest BCUT2D eigenvalue weighted by molar-refractivity contribution is 7.80. The van der Waals surface area contributed by atoms with Crippen molar-refractivity contribution in [2.45, 2.75) is 178 Å². The first-order valence-electron chi connectivity index (χ1n) is 32.1. The minimum absolute atomic E-state index is 0.0526. The Bertz CT molecular complexity index is 3190. The number of aliphatic carboxylic acids is 2. The van der Waals surface area contributed by atoms with Gasteiger partial charge in [-0.1, -0.05) is 52.0 Å². The summed E-state index contributed by atoms with van der Waals surface area (Å²) >= 11 is 3.93. The van der Waals surface area contributed by atoms with Crippen LogP contribution >= 0.6 is 12.6 Å². The number of aliphatic hydroxyl groups excluding tert-OH is 3. The van der Waals surface area contributed by atoms with Gasteiger partial charge in [0.05, 0.1) is 25.4 Å². The number of phenols is 2. The first-order valence-corrected chi connectivity index (χ1v) is 32.8. The summed E-state index contributed by atoms with van der Waals surface area (Å²) < 4.78 is 0. The summed E-state index contributed by atoms with van der Waals surface area (Å²) in [5, 5.41) is 97.3. The number of aliphatic hydroxyl groups is 3. The Hall–Kier alpha value is -10.1. The lowest BCUT2D eigenvalue weighted by molar-refractivity contribution is -0.142. The topological polar surface area (TPSA) is 651 Å². The number of benzene rings is 2. The molecule has 562 valence electrons. The van der Waals surface area contributed by atoms with Gasteiger partial charge in [0.15, 0.2) is 11.9 Å². The normalized spacial score (nSPS) is 14.9. The average Bonchev–Trinajstić information content (AvgIpc) is 0.862. The molecular formula is C62H98N18O20S. The quantitative estimate of drug-likeness (QED) is 0.0127. The molecule has 0 aromatic heterocycles. The van der Waals surface area contributed by atoms with Crippen molar-refractivity contribution in [3.8, 4) is 11.5 Å². The number of carbonyl (C=O) groups excluding carboxylic acids is 11. The fourth-order valence-electron chi connectivity index (χ4n) is 9.42. The number of carbonyl (C=O) groups is 13. The predicted molar refractivity (Wildman–Crippen MR) is 367 cm³/mol. The summed E-state index contributed by atoms with van der Waals surface area (Å²) in [4.78, 5) is 184. The number of guanidine groups is 2. The van der Waals surface area contributed by atoms with Crippen LogP contribution in [0.25, 0.3) is 0 Å². The van der Waals surface area contributed by atoms with Gasteiger partial charge in [-0.05, 0) is 99.6 Å². The van der Waals surface area contributed by atoms with Crippen LogP contribution < -0.4 is 87.2 Å². The molecule has 11 amide bonds. The number of hydrogen-bond acceptors (Lipinski definition) is 22. The van der Waals surface area contributed by atoms with E-state index in [1.54, 1.807) is 27.7 Å². The van der Waals surface area contributed by atoms with E-state index >= 15 is 0 Å². The highest BCUT2D eigenvalue weighted by Gasteiger charge is 2.38. The van der Waals surface area contributed by atoms with Gasteiger partial charge in [-0.3, -0.25) is 67.5 Å². The second-order valence-corrected chi connectivity index (χ2v) is 24.7. The van der Waals surface area contributed by atoms with E-state index in [4.69, 9.17) is 28.7 Å². The zero-order chi connectivity index (χ0) is 76.4. The third kappa shape index (κ3) is 32.2. The van der Waals surface area contributed by atoms with Crippen molar-refractivity contribution in [1.29, 1.82) is 0 Å². The van der Waals surface area contributed by atoms with Crippen LogP contribution in [0.1, 0.15) is 97.6 Å². The largest absolute Gasteiger partial charge is 0.508 e. The van der Waals surface area contributed by atoms with Crippen molar-refractivity contribution in [3.63, 3.8) is 0 Å². The van der Waals surface area contributed by atoms with Crippen LogP contribution in [0.5, 0.6) is 11.5 Å². The van der Waals surface area contributed by atoms with Crippen molar-refractivity contribution in [2.24, 2.45) is 50.5 Å². The van der Waals surface area contributed by atoms with Gasteiger partial charge in [-0.25, -0.2) is 4.79 Å². The van der Waals surface area contributed by atoms with Gasteiger partial charge in [0.2, 0.25) is 65.0 Å². The Morgan fingerprint density at radius 1 is 0.436 bits per heavy atom. The second-order valence-electron chi connectivity index (χ2n) is 24.4. The van der Waals surface area contributed by atoms with Gasteiger partial charge in [0.25, 0.3) is 0 Å². The van der Waals surface area contributed by atoms with E-state index in [9.17, 15) is 98.1 Å². The summed E-state index contributed by atoms with van der Waals surface area (Å²) in [5.41, 5.74) is 28.4. The number of aliphatic imine (C=N–C) groups is 2. The molecule has 39 heteroatoms. The number of amides is 11. The number of rotatable bonds is 45. The molecule has 2 rings (SSSR count). The number of aromatic hydroxyl groups is 2. The highest BCUT2D eigenvalue weighted by Crippen LogP contribution is 2.16. The van der Waals surface area contributed by atoms with Gasteiger partial charge < -0.3 is 123 Å². The van der Waals surface area contributed by atoms with E-state index in [1.807, 2.05) is 0 Å². The Labute approximate surface area is 587 Å². The van der Waals surface area contributed by atoms with Crippen LogP contribution in [0.3, 0.4) is 0 Å². The maximum absolute atomic E-state index is 14.6. The summed E-state index contributed by atoms with van der Waals surface area (Å²) in [6, 6.07) is -8.70. The Kier molecular flexibility index (Phi) is 38.0. The summed E-state index contributed by atoms with van der Waals surface area (Å²) in [6.07, 6.45) is -4.47. The summed E-state index contributed by atoms with van der Waals surface area (Å²) in [7, 11) is 0. The predicted octanol–water partition coefficient (Wildman–Crippen LogP) is -7.38. The number of hydrogen-bond donors (Lipinski definition) is 24. The van der Waals surface area contributed by atoms with Crippen molar-refractivity contribution >= 4 is 101 Å². The van der Waals surface area contributed by atoms with E-state index in [0.29, 0.717) is 11.1 Å². The number of carboxylic acid groups (broad SMARTS) is 2. The fraction of sp³-hybridized carbons (Fsp3) is 0.565. The highest BCUT2D eigenvalue weighted by atomic mass is 32.1. The van der Waals surface area contributed by atoms with Crippen LogP contribution in [-0.2, 0) is 75.2 Å². The van der Waals surface area contributed by atoms with Crippen molar-refractivity contribution in [1.82, 2.24) is 58.5 Å². The van der Waals surface area contributed by atoms with E-state index in [1.165, 1.54) is 55.5 Å². The van der Waals surface area contributed by atoms with Gasteiger partial charge in [-0.2, -0.15) is 12.6 Å². The lowest BCUT2D eigenvalue weighted by atomic mass is 10.00. The molecule has 101 heavy (non-hydrogen) atoms. The Morgan fingerprint density at radius 3 is 1.11 bits per heavy atom. The Morgan fingerprint density at radius 2 is 0.762 bits per heavy atom. The molecule has 0 spiro atoms. The van der Waals surface area contributed by atoms with Crippen LogP contribution in [0.2, 0.25) is 0 Å². The molecule has 2 aromatic carbocycles. The van der Waals surface area contributed by atoms with Crippen molar-refractivity contribution in [3.05, 3.63) is 59.7 Å². The standard InChI is InChI=1S/C62H98N18O20S/c1-29(2)23-40(53(92)72-39(19-20-46(86)87)52(91)78-45(28-101)60(99)100)73-54(93)41(24-33-11-15-35(84)16-12-33)74-50(89)37(9-7-21-68-61(64)65)70-56(95)43(26-81)76-51(90)38(10-8-22-69-62(66)67)71-57(96)44(27-82)77-55(94)42(25-34-13-17-36(85)18-14-34)75-59(98)48(32(6)83)80-58(97)47(30(3)4)79-49(88)31(5)63/h11-18,29-32,37-45,47-48,81-85,101H,7-10,19-28,63H2,1-6H3,(H,70,95)(H,71,96)(H,72,92)(H,73,93)(H,74,89)(H,75,98)(H,76,90)(H,77,94)(H,78,91)(H,79,88)(H,80,97)(H,86,87)(H,99,100)(H4,64,65,68)(H4,66,67,69)/t31-,32+,37-,38-,39-,40-,41-,42-,43-,44-,45-,47-,48-/m0/s1. The molecule has 0 saturated carbocycles. The van der Waals surface area contributed by atoms with E-state index < -0.39 is 187 Å². The second kappa shape index (κ2) is 44.1. The number of nitrogens with zero attached hydrogens (tertiary/aromatic N) is 2. The number of nitrogens with two attached hydrogens (primary N) is 5. The molecule has 0 unspecified atom stereocenters. The molecule has 0 aliphatic rings. The first kappa shape index (κ1) is 87.0. The minimum atomic E-state index is -1.95. The zero-order valence-corrected chi connectivity index (χ0v) is 57.7. The number of thiol groups is 1. The molecule has 0 heterocycles. The molecule has 0 aliphatic carbocycles. The van der Waals surface area contributed by atoms with Crippen LogP contribution in [-0.4, -0.2) is 235 Å². The molecule has 0 bridgehead atoms. The van der Waals surface area contributed by atoms with E-state index in [2.05, 4.69) is 81.1 Å². The van der Waals surface area contributed by atoms with Gasteiger partial charge in [0.1, 0.15) is 78.0 Å². The summed E-state index contributed by atoms with van der Waals surface area (Å²) in [6.45, 7) is 6.43. The molecule has 13 atom stereocenters. The molecule has 0 aliphatic heterocycles. The molecule has 38 nitrogen and oxygen atoms in total.